The number of thiazole rings is 1. The van der Waals surface area contributed by atoms with Crippen molar-refractivity contribution in [1.82, 2.24) is 10.3 Å². The Hall–Kier alpha value is -2.24. The van der Waals surface area contributed by atoms with Gasteiger partial charge in [-0.1, -0.05) is 30.3 Å². The molecule has 0 saturated heterocycles. The molecule has 0 radical (unpaired) electrons. The Morgan fingerprint density at radius 3 is 2.81 bits per heavy atom. The van der Waals surface area contributed by atoms with E-state index in [0.29, 0.717) is 5.56 Å². The monoisotopic (exact) mass is 298 g/mol. The van der Waals surface area contributed by atoms with Crippen molar-refractivity contribution in [2.45, 2.75) is 6.04 Å². The predicted molar refractivity (Wildman–Crippen MR) is 83.4 cm³/mol. The van der Waals surface area contributed by atoms with Crippen molar-refractivity contribution in [2.24, 2.45) is 0 Å². The van der Waals surface area contributed by atoms with Crippen LogP contribution in [0.4, 0.5) is 0 Å². The molecule has 1 heterocycles. The molecular weight excluding hydrogens is 284 g/mol. The molecule has 0 saturated carbocycles. The molecule has 1 amide bonds. The van der Waals surface area contributed by atoms with Gasteiger partial charge in [0, 0.05) is 5.56 Å². The second-order valence-corrected chi connectivity index (χ2v) is 5.54. The fraction of sp³-hybridized carbons (Fsp3) is 0.125. The summed E-state index contributed by atoms with van der Waals surface area (Å²) in [5.41, 5.74) is 4.10. The molecule has 21 heavy (non-hydrogen) atoms. The molecule has 5 heteroatoms. The van der Waals surface area contributed by atoms with Crippen LogP contribution in [-0.2, 0) is 0 Å². The quantitative estimate of drug-likeness (QED) is 0.778. The number of nitrogens with one attached hydrogen (secondary N) is 1. The number of hydrogen-bond donors (Lipinski definition) is 2. The van der Waals surface area contributed by atoms with Gasteiger partial charge in [0.1, 0.15) is 0 Å². The van der Waals surface area contributed by atoms with Gasteiger partial charge in [0.25, 0.3) is 5.91 Å². The molecule has 3 aromatic rings. The molecule has 0 aliphatic rings. The minimum absolute atomic E-state index is 0.140. The number of fused-ring (bicyclic) bond motifs is 1. The van der Waals surface area contributed by atoms with E-state index in [1.54, 1.807) is 11.6 Å². The Kier molecular flexibility index (Phi) is 3.94. The van der Waals surface area contributed by atoms with Gasteiger partial charge in [-0.2, -0.15) is 0 Å². The van der Waals surface area contributed by atoms with Gasteiger partial charge in [0.15, 0.2) is 0 Å². The van der Waals surface area contributed by atoms with Gasteiger partial charge in [-0.25, -0.2) is 4.98 Å². The molecule has 1 atom stereocenters. The summed E-state index contributed by atoms with van der Waals surface area (Å²) in [6.07, 6.45) is 0. The number of hydrogen-bond acceptors (Lipinski definition) is 4. The van der Waals surface area contributed by atoms with E-state index < -0.39 is 6.04 Å². The third-order valence-electron chi connectivity index (χ3n) is 3.28. The third kappa shape index (κ3) is 2.94. The molecule has 2 aromatic carbocycles. The molecule has 0 spiro atoms. The highest BCUT2D eigenvalue weighted by atomic mass is 32.1. The number of carbonyl (C=O) groups excluding carboxylic acids is 1. The van der Waals surface area contributed by atoms with Gasteiger partial charge in [0.05, 0.1) is 28.4 Å². The maximum atomic E-state index is 12.3. The molecule has 3 rings (SSSR count). The number of aliphatic hydroxyl groups excluding tert-OH is 1. The van der Waals surface area contributed by atoms with Crippen molar-refractivity contribution < 1.29 is 9.90 Å². The smallest absolute Gasteiger partial charge is 0.251 e. The average molecular weight is 298 g/mol. The summed E-state index contributed by atoms with van der Waals surface area (Å²) in [6.45, 7) is -0.140. The van der Waals surface area contributed by atoms with Gasteiger partial charge in [-0.15, -0.1) is 11.3 Å². The zero-order chi connectivity index (χ0) is 14.7. The molecule has 1 unspecified atom stereocenters. The lowest BCUT2D eigenvalue weighted by atomic mass is 10.1. The van der Waals surface area contributed by atoms with Crippen molar-refractivity contribution in [2.75, 3.05) is 6.61 Å². The van der Waals surface area contributed by atoms with Gasteiger partial charge >= 0.3 is 0 Å². The number of amides is 1. The Bertz CT molecular complexity index is 755. The highest BCUT2D eigenvalue weighted by molar-refractivity contribution is 7.16. The molecule has 4 nitrogen and oxygen atoms in total. The SMILES string of the molecule is O=C(NC(CO)c1ccccc1)c1ccc2ncsc2c1. The fourth-order valence-electron chi connectivity index (χ4n) is 2.16. The molecular formula is C16H14N2O2S. The standard InChI is InChI=1S/C16H14N2O2S/c19-9-14(11-4-2-1-3-5-11)18-16(20)12-6-7-13-15(8-12)21-10-17-13/h1-8,10,14,19H,9H2,(H,18,20). The van der Waals surface area contributed by atoms with Crippen molar-refractivity contribution in [3.8, 4) is 0 Å². The topological polar surface area (TPSA) is 62.2 Å². The predicted octanol–water partition coefficient (Wildman–Crippen LogP) is 2.76. The van der Waals surface area contributed by atoms with Crippen LogP contribution in [0.25, 0.3) is 10.2 Å². The van der Waals surface area contributed by atoms with Crippen LogP contribution in [0.15, 0.2) is 54.0 Å². The number of nitrogens with zero attached hydrogens (tertiary/aromatic N) is 1. The van der Waals surface area contributed by atoms with E-state index in [-0.39, 0.29) is 12.5 Å². The molecule has 0 aliphatic heterocycles. The van der Waals surface area contributed by atoms with E-state index in [0.717, 1.165) is 15.8 Å². The lowest BCUT2D eigenvalue weighted by molar-refractivity contribution is 0.0916. The van der Waals surface area contributed by atoms with Crippen LogP contribution in [0.1, 0.15) is 22.0 Å². The first kappa shape index (κ1) is 13.7. The highest BCUT2D eigenvalue weighted by Gasteiger charge is 2.15. The maximum absolute atomic E-state index is 12.3. The molecule has 106 valence electrons. The van der Waals surface area contributed by atoms with Crippen molar-refractivity contribution in [3.05, 3.63) is 65.2 Å². The number of rotatable bonds is 4. The molecule has 1 aromatic heterocycles. The fourth-order valence-corrected chi connectivity index (χ4v) is 2.87. The Morgan fingerprint density at radius 2 is 2.05 bits per heavy atom. The summed E-state index contributed by atoms with van der Waals surface area (Å²) in [5, 5.41) is 12.3. The summed E-state index contributed by atoms with van der Waals surface area (Å²) in [4.78, 5) is 16.5. The van der Waals surface area contributed by atoms with E-state index >= 15 is 0 Å². The van der Waals surface area contributed by atoms with E-state index in [2.05, 4.69) is 10.3 Å². The molecule has 0 bridgehead atoms. The maximum Gasteiger partial charge on any atom is 0.251 e. The van der Waals surface area contributed by atoms with Crippen LogP contribution in [0.5, 0.6) is 0 Å². The first-order valence-electron chi connectivity index (χ1n) is 6.58. The van der Waals surface area contributed by atoms with Crippen molar-refractivity contribution in [1.29, 1.82) is 0 Å². The number of benzene rings is 2. The highest BCUT2D eigenvalue weighted by Crippen LogP contribution is 2.20. The minimum atomic E-state index is -0.407. The number of carbonyl (C=O) groups is 1. The lowest BCUT2D eigenvalue weighted by Gasteiger charge is -2.16. The Labute approximate surface area is 126 Å². The number of aliphatic hydroxyl groups is 1. The summed E-state index contributed by atoms with van der Waals surface area (Å²) in [7, 11) is 0. The van der Waals surface area contributed by atoms with Gasteiger partial charge in [-0.3, -0.25) is 4.79 Å². The first-order chi connectivity index (χ1) is 10.3. The number of aromatic nitrogens is 1. The van der Waals surface area contributed by atoms with Crippen LogP contribution in [0, 0.1) is 0 Å². The van der Waals surface area contributed by atoms with E-state index in [4.69, 9.17) is 0 Å². The van der Waals surface area contributed by atoms with Crippen LogP contribution in [0.2, 0.25) is 0 Å². The van der Waals surface area contributed by atoms with E-state index in [1.807, 2.05) is 42.5 Å². The van der Waals surface area contributed by atoms with Crippen LogP contribution >= 0.6 is 11.3 Å². The van der Waals surface area contributed by atoms with Crippen LogP contribution < -0.4 is 5.32 Å². The minimum Gasteiger partial charge on any atom is -0.394 e. The zero-order valence-corrected chi connectivity index (χ0v) is 12.0. The zero-order valence-electron chi connectivity index (χ0n) is 11.2. The van der Waals surface area contributed by atoms with Crippen molar-refractivity contribution >= 4 is 27.5 Å². The lowest BCUT2D eigenvalue weighted by Crippen LogP contribution is -2.30. The average Bonchev–Trinajstić information content (AvgIpc) is 3.00. The van der Waals surface area contributed by atoms with Gasteiger partial charge < -0.3 is 10.4 Å². The Morgan fingerprint density at radius 1 is 1.24 bits per heavy atom. The Balaban J connectivity index is 1.81. The first-order valence-corrected chi connectivity index (χ1v) is 7.46. The van der Waals surface area contributed by atoms with Crippen LogP contribution in [0.3, 0.4) is 0 Å². The molecule has 2 N–H and O–H groups in total. The third-order valence-corrected chi connectivity index (χ3v) is 4.08. The van der Waals surface area contributed by atoms with Crippen LogP contribution in [-0.4, -0.2) is 22.6 Å². The summed E-state index contributed by atoms with van der Waals surface area (Å²) in [5.74, 6) is -0.201. The molecule has 0 aliphatic carbocycles. The van der Waals surface area contributed by atoms with E-state index in [1.165, 1.54) is 11.3 Å². The second-order valence-electron chi connectivity index (χ2n) is 4.65. The summed E-state index contributed by atoms with van der Waals surface area (Å²) >= 11 is 1.50. The largest absolute Gasteiger partial charge is 0.394 e. The normalized spacial score (nSPS) is 12.2. The van der Waals surface area contributed by atoms with Gasteiger partial charge in [-0.05, 0) is 23.8 Å². The second kappa shape index (κ2) is 6.03. The summed E-state index contributed by atoms with van der Waals surface area (Å²) in [6, 6.07) is 14.4. The van der Waals surface area contributed by atoms with Gasteiger partial charge in [0.2, 0.25) is 0 Å². The van der Waals surface area contributed by atoms with E-state index in [9.17, 15) is 9.90 Å². The summed E-state index contributed by atoms with van der Waals surface area (Å²) < 4.78 is 0.975. The molecule has 0 fully saturated rings. The van der Waals surface area contributed by atoms with Crippen molar-refractivity contribution in [3.63, 3.8) is 0 Å².